The van der Waals surface area contributed by atoms with Gasteiger partial charge in [0.25, 0.3) is 0 Å². The average Bonchev–Trinajstić information content (AvgIpc) is 2.47. The minimum absolute atomic E-state index is 0.251. The van der Waals surface area contributed by atoms with Gasteiger partial charge in [-0.2, -0.15) is 0 Å². The van der Waals surface area contributed by atoms with Gasteiger partial charge in [0.1, 0.15) is 0 Å². The molecule has 124 valence electrons. The number of hydrogen-bond acceptors (Lipinski definition) is 1. The average molecular weight is 302 g/mol. The highest BCUT2D eigenvalue weighted by atomic mass is 15.1. The molecule has 1 aromatic carbocycles. The van der Waals surface area contributed by atoms with Crippen molar-refractivity contribution in [3.8, 4) is 0 Å². The zero-order chi connectivity index (χ0) is 16.2. The summed E-state index contributed by atoms with van der Waals surface area (Å²) in [4.78, 5) is 2.73. The molecule has 1 fully saturated rings. The van der Waals surface area contributed by atoms with Crippen LogP contribution in [0, 0.1) is 5.92 Å². The van der Waals surface area contributed by atoms with Crippen LogP contribution in [0.1, 0.15) is 77.8 Å². The van der Waals surface area contributed by atoms with E-state index in [9.17, 15) is 0 Å². The summed E-state index contributed by atoms with van der Waals surface area (Å²) in [5, 5.41) is 0. The molecule has 1 heteroatoms. The molecule has 0 atom stereocenters. The van der Waals surface area contributed by atoms with Crippen molar-refractivity contribution in [2.75, 3.05) is 6.54 Å². The molecular weight excluding hydrogens is 266 g/mol. The van der Waals surface area contributed by atoms with Gasteiger partial charge in [-0.05, 0) is 61.1 Å². The fourth-order valence-corrected chi connectivity index (χ4v) is 3.63. The molecule has 1 aromatic rings. The van der Waals surface area contributed by atoms with Gasteiger partial charge in [0.05, 0.1) is 0 Å². The Kier molecular flexibility index (Phi) is 6.09. The van der Waals surface area contributed by atoms with E-state index in [0.717, 1.165) is 18.5 Å². The first kappa shape index (κ1) is 17.5. The first-order valence-electron chi connectivity index (χ1n) is 9.23. The van der Waals surface area contributed by atoms with Gasteiger partial charge in [-0.25, -0.2) is 0 Å². The third kappa shape index (κ3) is 4.84. The molecule has 0 N–H and O–H groups in total. The van der Waals surface area contributed by atoms with E-state index in [1.807, 2.05) is 0 Å². The van der Waals surface area contributed by atoms with Crippen LogP contribution in [-0.4, -0.2) is 17.5 Å². The maximum atomic E-state index is 2.73. The lowest BCUT2D eigenvalue weighted by molar-refractivity contribution is 0.132. The minimum Gasteiger partial charge on any atom is -0.296 e. The van der Waals surface area contributed by atoms with E-state index in [1.165, 1.54) is 49.8 Å². The van der Waals surface area contributed by atoms with Crippen molar-refractivity contribution < 1.29 is 0 Å². The van der Waals surface area contributed by atoms with Crippen LogP contribution in [0.25, 0.3) is 0 Å². The van der Waals surface area contributed by atoms with Crippen LogP contribution in [0.15, 0.2) is 24.3 Å². The Morgan fingerprint density at radius 1 is 1.00 bits per heavy atom. The quantitative estimate of drug-likeness (QED) is 0.667. The van der Waals surface area contributed by atoms with E-state index >= 15 is 0 Å². The summed E-state index contributed by atoms with van der Waals surface area (Å²) >= 11 is 0. The second-order valence-corrected chi connectivity index (χ2v) is 8.33. The molecule has 0 saturated heterocycles. The number of rotatable bonds is 5. The molecule has 0 radical (unpaired) electrons. The van der Waals surface area contributed by atoms with Gasteiger partial charge in [-0.3, -0.25) is 4.90 Å². The summed E-state index contributed by atoms with van der Waals surface area (Å²) in [6.45, 7) is 13.9. The first-order valence-corrected chi connectivity index (χ1v) is 9.23. The van der Waals surface area contributed by atoms with E-state index < -0.39 is 0 Å². The summed E-state index contributed by atoms with van der Waals surface area (Å²) in [7, 11) is 0. The molecule has 0 aliphatic heterocycles. The van der Waals surface area contributed by atoms with E-state index in [2.05, 4.69) is 63.8 Å². The highest BCUT2D eigenvalue weighted by molar-refractivity contribution is 5.27. The number of hydrogen-bond donors (Lipinski definition) is 0. The lowest BCUT2D eigenvalue weighted by Crippen LogP contribution is -2.38. The number of benzene rings is 1. The van der Waals surface area contributed by atoms with Gasteiger partial charge in [0.15, 0.2) is 0 Å². The van der Waals surface area contributed by atoms with Gasteiger partial charge in [-0.15, -0.1) is 0 Å². The van der Waals surface area contributed by atoms with Gasteiger partial charge in [-0.1, -0.05) is 58.9 Å². The largest absolute Gasteiger partial charge is 0.296 e. The van der Waals surface area contributed by atoms with E-state index in [1.54, 1.807) is 0 Å². The highest BCUT2D eigenvalue weighted by Crippen LogP contribution is 2.28. The molecule has 0 unspecified atom stereocenters. The van der Waals surface area contributed by atoms with Crippen LogP contribution >= 0.6 is 0 Å². The van der Waals surface area contributed by atoms with Crippen LogP contribution < -0.4 is 0 Å². The second-order valence-electron chi connectivity index (χ2n) is 8.33. The third-order valence-corrected chi connectivity index (χ3v) is 5.22. The maximum Gasteiger partial charge on any atom is 0.0236 e. The monoisotopic (exact) mass is 301 g/mol. The van der Waals surface area contributed by atoms with Gasteiger partial charge in [0.2, 0.25) is 0 Å². The van der Waals surface area contributed by atoms with Crippen LogP contribution in [-0.2, 0) is 12.0 Å². The summed E-state index contributed by atoms with van der Waals surface area (Å²) in [6.07, 6.45) is 6.86. The Balaban J connectivity index is 2.01. The topological polar surface area (TPSA) is 3.24 Å². The predicted molar refractivity (Wildman–Crippen MR) is 97.3 cm³/mol. The molecule has 0 bridgehead atoms. The summed E-state index contributed by atoms with van der Waals surface area (Å²) in [5.74, 6) is 0.936. The highest BCUT2D eigenvalue weighted by Gasteiger charge is 2.23. The molecular formula is C21H35N. The van der Waals surface area contributed by atoms with Crippen LogP contribution in [0.4, 0.5) is 0 Å². The SMILES string of the molecule is CCCN(Cc1ccc(C(C)(C)C)cc1)C1CCC(C)CC1. The molecule has 1 nitrogen and oxygen atoms in total. The zero-order valence-electron chi connectivity index (χ0n) is 15.4. The molecule has 0 aromatic heterocycles. The fraction of sp³-hybridized carbons (Fsp3) is 0.714. The van der Waals surface area contributed by atoms with Gasteiger partial charge < -0.3 is 0 Å². The lowest BCUT2D eigenvalue weighted by Gasteiger charge is -2.36. The molecule has 2 rings (SSSR count). The Morgan fingerprint density at radius 2 is 1.59 bits per heavy atom. The van der Waals surface area contributed by atoms with Crippen molar-refractivity contribution in [1.82, 2.24) is 4.90 Å². The van der Waals surface area contributed by atoms with Gasteiger partial charge in [0, 0.05) is 12.6 Å². The van der Waals surface area contributed by atoms with Crippen molar-refractivity contribution in [2.24, 2.45) is 5.92 Å². The van der Waals surface area contributed by atoms with Crippen LogP contribution in [0.5, 0.6) is 0 Å². The van der Waals surface area contributed by atoms with E-state index in [-0.39, 0.29) is 5.41 Å². The molecule has 0 spiro atoms. The van der Waals surface area contributed by atoms with Crippen molar-refractivity contribution in [1.29, 1.82) is 0 Å². The van der Waals surface area contributed by atoms with Gasteiger partial charge >= 0.3 is 0 Å². The zero-order valence-corrected chi connectivity index (χ0v) is 15.4. The van der Waals surface area contributed by atoms with E-state index in [0.29, 0.717) is 0 Å². The standard InChI is InChI=1S/C21H35N/c1-6-15-22(20-13-7-17(2)8-14-20)16-18-9-11-19(12-10-18)21(3,4)5/h9-12,17,20H,6-8,13-16H2,1-5H3. The third-order valence-electron chi connectivity index (χ3n) is 5.22. The summed E-state index contributed by atoms with van der Waals surface area (Å²) in [5.41, 5.74) is 3.16. The Labute approximate surface area is 138 Å². The molecule has 22 heavy (non-hydrogen) atoms. The Bertz CT molecular complexity index is 432. The molecule has 1 aliphatic carbocycles. The normalized spacial score (nSPS) is 23.0. The molecule has 1 aliphatic rings. The van der Waals surface area contributed by atoms with E-state index in [4.69, 9.17) is 0 Å². The molecule has 1 saturated carbocycles. The molecule has 0 heterocycles. The maximum absolute atomic E-state index is 2.73. The fourth-order valence-electron chi connectivity index (χ4n) is 3.63. The van der Waals surface area contributed by atoms with Crippen LogP contribution in [0.2, 0.25) is 0 Å². The molecule has 0 amide bonds. The predicted octanol–water partition coefficient (Wildman–Crippen LogP) is 5.77. The van der Waals surface area contributed by atoms with Crippen molar-refractivity contribution in [2.45, 2.75) is 84.7 Å². The Hall–Kier alpha value is -0.820. The first-order chi connectivity index (χ1) is 10.4. The van der Waals surface area contributed by atoms with Crippen LogP contribution in [0.3, 0.4) is 0 Å². The summed E-state index contributed by atoms with van der Waals surface area (Å²) in [6, 6.07) is 10.1. The minimum atomic E-state index is 0.251. The van der Waals surface area contributed by atoms with Crippen molar-refractivity contribution in [3.05, 3.63) is 35.4 Å². The summed E-state index contributed by atoms with van der Waals surface area (Å²) < 4.78 is 0. The second kappa shape index (κ2) is 7.64. The number of nitrogens with zero attached hydrogens (tertiary/aromatic N) is 1. The Morgan fingerprint density at radius 3 is 2.09 bits per heavy atom. The van der Waals surface area contributed by atoms with Crippen molar-refractivity contribution >= 4 is 0 Å². The smallest absolute Gasteiger partial charge is 0.0236 e. The van der Waals surface area contributed by atoms with Crippen molar-refractivity contribution in [3.63, 3.8) is 0 Å². The lowest BCUT2D eigenvalue weighted by atomic mass is 9.85.